The second-order valence-corrected chi connectivity index (χ2v) is 2.99. The molecule has 4 nitrogen and oxygen atoms in total. The second-order valence-electron chi connectivity index (χ2n) is 2.99. The number of carboxylic acid groups (broad SMARTS) is 2. The van der Waals surface area contributed by atoms with Crippen molar-refractivity contribution in [2.24, 2.45) is 11.8 Å². The summed E-state index contributed by atoms with van der Waals surface area (Å²) in [5, 5.41) is 17.1. The molecule has 14 heavy (non-hydrogen) atoms. The molecule has 4 heteroatoms. The third-order valence-electron chi connectivity index (χ3n) is 1.98. The fourth-order valence-electron chi connectivity index (χ4n) is 1.22. The van der Waals surface area contributed by atoms with Gasteiger partial charge in [0.2, 0.25) is 0 Å². The summed E-state index contributed by atoms with van der Waals surface area (Å²) in [4.78, 5) is 20.9. The zero-order chi connectivity index (χ0) is 11.1. The Labute approximate surface area is 82.6 Å². The standard InChI is InChI=1S/C10H14O4/c1-3-7(5-9(11)12)8(4-2)6-10(13)14/h3-4,7-8H,1-2,5-6H2,(H,11,12)(H,13,14)/t7-,8-/m0/s1. The molecule has 0 aromatic carbocycles. The van der Waals surface area contributed by atoms with Gasteiger partial charge in [0.05, 0.1) is 12.8 Å². The maximum Gasteiger partial charge on any atom is 0.303 e. The fraction of sp³-hybridized carbons (Fsp3) is 0.400. The number of hydrogen-bond acceptors (Lipinski definition) is 2. The van der Waals surface area contributed by atoms with Gasteiger partial charge in [0, 0.05) is 0 Å². The molecule has 0 spiro atoms. The van der Waals surface area contributed by atoms with Gasteiger partial charge in [-0.05, 0) is 11.8 Å². The van der Waals surface area contributed by atoms with Crippen molar-refractivity contribution < 1.29 is 19.8 Å². The highest BCUT2D eigenvalue weighted by atomic mass is 16.4. The van der Waals surface area contributed by atoms with Gasteiger partial charge in [-0.2, -0.15) is 0 Å². The van der Waals surface area contributed by atoms with Crippen LogP contribution in [0.5, 0.6) is 0 Å². The van der Waals surface area contributed by atoms with Crippen LogP contribution in [0, 0.1) is 11.8 Å². The highest BCUT2D eigenvalue weighted by Gasteiger charge is 2.20. The van der Waals surface area contributed by atoms with Gasteiger partial charge in [0.1, 0.15) is 0 Å². The van der Waals surface area contributed by atoms with Crippen LogP contribution in [0.2, 0.25) is 0 Å². The molecule has 0 unspecified atom stereocenters. The first-order chi connectivity index (χ1) is 6.51. The molecule has 0 saturated heterocycles. The van der Waals surface area contributed by atoms with Gasteiger partial charge in [-0.3, -0.25) is 9.59 Å². The van der Waals surface area contributed by atoms with Crippen molar-refractivity contribution in [1.29, 1.82) is 0 Å². The van der Waals surface area contributed by atoms with E-state index in [1.807, 2.05) is 0 Å². The maximum atomic E-state index is 10.4. The third-order valence-corrected chi connectivity index (χ3v) is 1.98. The van der Waals surface area contributed by atoms with Crippen LogP contribution in [-0.2, 0) is 9.59 Å². The predicted molar refractivity (Wildman–Crippen MR) is 51.9 cm³/mol. The number of carboxylic acids is 2. The van der Waals surface area contributed by atoms with Crippen LogP contribution in [0.4, 0.5) is 0 Å². The first-order valence-corrected chi connectivity index (χ1v) is 4.20. The minimum atomic E-state index is -0.966. The lowest BCUT2D eigenvalue weighted by Crippen LogP contribution is -2.17. The Morgan fingerprint density at radius 1 is 1.00 bits per heavy atom. The van der Waals surface area contributed by atoms with Crippen LogP contribution in [0.1, 0.15) is 12.8 Å². The van der Waals surface area contributed by atoms with Gasteiger partial charge < -0.3 is 10.2 Å². The largest absolute Gasteiger partial charge is 0.481 e. The summed E-state index contributed by atoms with van der Waals surface area (Å²) in [5.41, 5.74) is 0. The van der Waals surface area contributed by atoms with Gasteiger partial charge in [0.15, 0.2) is 0 Å². The maximum absolute atomic E-state index is 10.4. The minimum Gasteiger partial charge on any atom is -0.481 e. The highest BCUT2D eigenvalue weighted by molar-refractivity contribution is 5.69. The van der Waals surface area contributed by atoms with E-state index < -0.39 is 11.9 Å². The van der Waals surface area contributed by atoms with Crippen LogP contribution in [0.25, 0.3) is 0 Å². The lowest BCUT2D eigenvalue weighted by Gasteiger charge is -2.17. The van der Waals surface area contributed by atoms with Crippen LogP contribution >= 0.6 is 0 Å². The molecule has 0 heterocycles. The average molecular weight is 198 g/mol. The van der Waals surface area contributed by atoms with Crippen molar-refractivity contribution in [3.8, 4) is 0 Å². The van der Waals surface area contributed by atoms with Gasteiger partial charge in [-0.25, -0.2) is 0 Å². The Balaban J connectivity index is 4.43. The van der Waals surface area contributed by atoms with Crippen molar-refractivity contribution in [2.75, 3.05) is 0 Å². The molecule has 78 valence electrons. The summed E-state index contributed by atoms with van der Waals surface area (Å²) in [7, 11) is 0. The Morgan fingerprint density at radius 3 is 1.43 bits per heavy atom. The Morgan fingerprint density at radius 2 is 1.29 bits per heavy atom. The number of allylic oxidation sites excluding steroid dienone is 2. The Kier molecular flexibility index (Phi) is 5.29. The first kappa shape index (κ1) is 12.4. The van der Waals surface area contributed by atoms with E-state index in [0.29, 0.717) is 0 Å². The summed E-state index contributed by atoms with van der Waals surface area (Å²) in [6.07, 6.45) is 2.69. The quantitative estimate of drug-likeness (QED) is 0.608. The molecule has 0 aromatic rings. The molecule has 0 radical (unpaired) electrons. The molecular weight excluding hydrogens is 184 g/mol. The SMILES string of the molecule is C=C[C@@H](CC(=O)O)[C@@H](C=C)CC(=O)O. The zero-order valence-electron chi connectivity index (χ0n) is 7.85. The van der Waals surface area contributed by atoms with Crippen LogP contribution in [0.15, 0.2) is 25.3 Å². The number of rotatable bonds is 7. The van der Waals surface area contributed by atoms with E-state index in [4.69, 9.17) is 10.2 Å². The van der Waals surface area contributed by atoms with E-state index >= 15 is 0 Å². The number of carbonyl (C=O) groups is 2. The monoisotopic (exact) mass is 198 g/mol. The fourth-order valence-corrected chi connectivity index (χ4v) is 1.22. The van der Waals surface area contributed by atoms with E-state index in [0.717, 1.165) is 0 Å². The lowest BCUT2D eigenvalue weighted by molar-refractivity contribution is -0.140. The molecule has 0 fully saturated rings. The first-order valence-electron chi connectivity index (χ1n) is 4.20. The van der Waals surface area contributed by atoms with Crippen molar-refractivity contribution in [2.45, 2.75) is 12.8 Å². The number of hydrogen-bond donors (Lipinski definition) is 2. The summed E-state index contributed by atoms with van der Waals surface area (Å²) in [6.45, 7) is 6.97. The van der Waals surface area contributed by atoms with Crippen molar-refractivity contribution in [1.82, 2.24) is 0 Å². The summed E-state index contributed by atoms with van der Waals surface area (Å²) >= 11 is 0. The summed E-state index contributed by atoms with van der Waals surface area (Å²) < 4.78 is 0. The van der Waals surface area contributed by atoms with E-state index in [-0.39, 0.29) is 24.7 Å². The van der Waals surface area contributed by atoms with Crippen LogP contribution in [-0.4, -0.2) is 22.2 Å². The Bertz CT molecular complexity index is 219. The van der Waals surface area contributed by atoms with Gasteiger partial charge in [0.25, 0.3) is 0 Å². The summed E-state index contributed by atoms with van der Waals surface area (Å²) in [6, 6.07) is 0. The van der Waals surface area contributed by atoms with Crippen molar-refractivity contribution in [3.63, 3.8) is 0 Å². The number of aliphatic carboxylic acids is 2. The zero-order valence-corrected chi connectivity index (χ0v) is 7.85. The molecule has 0 aliphatic carbocycles. The van der Waals surface area contributed by atoms with Gasteiger partial charge >= 0.3 is 11.9 Å². The average Bonchev–Trinajstić information content (AvgIpc) is 2.10. The molecule has 2 N–H and O–H groups in total. The molecule has 0 aliphatic rings. The normalized spacial score (nSPS) is 14.0. The topological polar surface area (TPSA) is 74.6 Å². The second kappa shape index (κ2) is 5.96. The van der Waals surface area contributed by atoms with E-state index in [2.05, 4.69) is 13.2 Å². The molecule has 0 saturated carbocycles. The van der Waals surface area contributed by atoms with Gasteiger partial charge in [-0.15, -0.1) is 13.2 Å². The molecule has 0 rings (SSSR count). The molecule has 0 bridgehead atoms. The predicted octanol–water partition coefficient (Wildman–Crippen LogP) is 1.54. The Hall–Kier alpha value is -1.58. The molecule has 0 amide bonds. The van der Waals surface area contributed by atoms with Crippen molar-refractivity contribution >= 4 is 11.9 Å². The molecule has 0 aliphatic heterocycles. The van der Waals surface area contributed by atoms with E-state index in [1.165, 1.54) is 12.2 Å². The molecule has 0 aromatic heterocycles. The smallest absolute Gasteiger partial charge is 0.303 e. The van der Waals surface area contributed by atoms with E-state index in [1.54, 1.807) is 0 Å². The lowest BCUT2D eigenvalue weighted by atomic mass is 9.87. The van der Waals surface area contributed by atoms with Crippen molar-refractivity contribution in [3.05, 3.63) is 25.3 Å². The van der Waals surface area contributed by atoms with E-state index in [9.17, 15) is 9.59 Å². The van der Waals surface area contributed by atoms with Crippen LogP contribution in [0.3, 0.4) is 0 Å². The summed E-state index contributed by atoms with van der Waals surface area (Å²) in [5.74, 6) is -2.68. The molecular formula is C10H14O4. The highest BCUT2D eigenvalue weighted by Crippen LogP contribution is 2.21. The molecule has 2 atom stereocenters. The van der Waals surface area contributed by atoms with Crippen LogP contribution < -0.4 is 0 Å². The third kappa shape index (κ3) is 4.45. The minimum absolute atomic E-state index is 0.118. The van der Waals surface area contributed by atoms with Gasteiger partial charge in [-0.1, -0.05) is 12.2 Å².